The van der Waals surface area contributed by atoms with Crippen molar-refractivity contribution in [3.05, 3.63) is 29.5 Å². The number of carbonyl (C=O) groups is 1. The molecule has 0 saturated carbocycles. The first-order valence-corrected chi connectivity index (χ1v) is 10.9. The summed E-state index contributed by atoms with van der Waals surface area (Å²) in [5.74, 6) is 1.21. The fourth-order valence-electron chi connectivity index (χ4n) is 4.35. The summed E-state index contributed by atoms with van der Waals surface area (Å²) in [7, 11) is 0. The van der Waals surface area contributed by atoms with Crippen LogP contribution in [0.1, 0.15) is 58.1 Å². The number of nitrogens with zero attached hydrogens (tertiary/aromatic N) is 4. The minimum atomic E-state index is -4.48. The Bertz CT molecular complexity index is 726. The van der Waals surface area contributed by atoms with Crippen LogP contribution in [0.3, 0.4) is 0 Å². The lowest BCUT2D eigenvalue weighted by Crippen LogP contribution is -2.44. The second-order valence-corrected chi connectivity index (χ2v) is 8.64. The highest BCUT2D eigenvalue weighted by Crippen LogP contribution is 2.29. The number of amides is 1. The van der Waals surface area contributed by atoms with Crippen LogP contribution in [0.25, 0.3) is 0 Å². The third-order valence-corrected chi connectivity index (χ3v) is 5.84. The molecule has 1 aromatic rings. The molecule has 5 nitrogen and oxygen atoms in total. The quantitative estimate of drug-likeness (QED) is 0.660. The summed E-state index contributed by atoms with van der Waals surface area (Å²) in [4.78, 5) is 16.9. The average molecular weight is 425 g/mol. The first-order chi connectivity index (χ1) is 14.2. The van der Waals surface area contributed by atoms with E-state index in [1.165, 1.54) is 11.6 Å². The molecule has 0 spiro atoms. The lowest BCUT2D eigenvalue weighted by atomic mass is 9.93. The number of piperidine rings is 1. The second kappa shape index (κ2) is 9.79. The van der Waals surface area contributed by atoms with Crippen molar-refractivity contribution in [2.75, 3.05) is 31.1 Å². The first kappa shape index (κ1) is 22.6. The van der Waals surface area contributed by atoms with Gasteiger partial charge in [-0.05, 0) is 56.6 Å². The third-order valence-electron chi connectivity index (χ3n) is 5.84. The lowest BCUT2D eigenvalue weighted by molar-refractivity contribution is -0.141. The molecule has 1 aromatic heterocycles. The van der Waals surface area contributed by atoms with Crippen molar-refractivity contribution in [2.45, 2.75) is 58.5 Å². The van der Waals surface area contributed by atoms with E-state index in [2.05, 4.69) is 30.1 Å². The van der Waals surface area contributed by atoms with E-state index >= 15 is 0 Å². The highest BCUT2D eigenvalue weighted by molar-refractivity contribution is 5.79. The summed E-state index contributed by atoms with van der Waals surface area (Å²) >= 11 is 0. The maximum atomic E-state index is 13.0. The number of carbonyl (C=O) groups excluding carboxylic acids is 1. The number of aromatic nitrogens is 2. The zero-order chi connectivity index (χ0) is 21.7. The van der Waals surface area contributed by atoms with Crippen LogP contribution in [-0.4, -0.2) is 47.2 Å². The van der Waals surface area contributed by atoms with E-state index in [4.69, 9.17) is 0 Å². The van der Waals surface area contributed by atoms with Crippen LogP contribution in [0.2, 0.25) is 0 Å². The Labute approximate surface area is 176 Å². The van der Waals surface area contributed by atoms with E-state index in [0.717, 1.165) is 44.8 Å². The zero-order valence-electron chi connectivity index (χ0n) is 17.8. The topological polar surface area (TPSA) is 49.3 Å². The molecule has 0 unspecified atom stereocenters. The number of anilines is 1. The molecule has 0 aliphatic carbocycles. The number of hydrogen-bond acceptors (Lipinski definition) is 4. The standard InChI is InChI=1S/C22H31F3N4O/c1-16(2)15-17-5-3-11-29(12-4-6-17)21(30)18-9-13-28(14-10-18)20-8-7-19(26-27-20)22(23,24)25/h7-8,15-16,18H,3-6,9-14H2,1-2H3. The fraction of sp³-hybridized carbons (Fsp3) is 0.682. The molecule has 1 amide bonds. The van der Waals surface area contributed by atoms with Gasteiger partial charge < -0.3 is 9.80 Å². The molecule has 2 saturated heterocycles. The van der Waals surface area contributed by atoms with Crippen molar-refractivity contribution in [1.29, 1.82) is 0 Å². The molecule has 0 atom stereocenters. The van der Waals surface area contributed by atoms with Gasteiger partial charge in [0.2, 0.25) is 5.91 Å². The average Bonchev–Trinajstić information content (AvgIpc) is 2.69. The first-order valence-electron chi connectivity index (χ1n) is 10.9. The van der Waals surface area contributed by atoms with Gasteiger partial charge in [0, 0.05) is 32.1 Å². The molecule has 2 fully saturated rings. The summed E-state index contributed by atoms with van der Waals surface area (Å²) in [6.45, 7) is 7.21. The Hall–Kier alpha value is -2.12. The van der Waals surface area contributed by atoms with Crippen LogP contribution in [0.15, 0.2) is 23.8 Å². The van der Waals surface area contributed by atoms with E-state index in [0.29, 0.717) is 37.7 Å². The molecule has 2 aliphatic rings. The van der Waals surface area contributed by atoms with E-state index in [1.807, 2.05) is 9.80 Å². The molecule has 166 valence electrons. The number of likely N-dealkylation sites (tertiary alicyclic amines) is 1. The van der Waals surface area contributed by atoms with Crippen LogP contribution in [-0.2, 0) is 11.0 Å². The van der Waals surface area contributed by atoms with Gasteiger partial charge in [-0.3, -0.25) is 4.79 Å². The van der Waals surface area contributed by atoms with Crippen LogP contribution in [0.4, 0.5) is 19.0 Å². The van der Waals surface area contributed by atoms with Gasteiger partial charge in [-0.25, -0.2) is 0 Å². The molecule has 2 aliphatic heterocycles. The Morgan fingerprint density at radius 1 is 1.07 bits per heavy atom. The highest BCUT2D eigenvalue weighted by atomic mass is 19.4. The van der Waals surface area contributed by atoms with Crippen LogP contribution < -0.4 is 4.90 Å². The maximum absolute atomic E-state index is 13.0. The molecule has 0 aromatic carbocycles. The van der Waals surface area contributed by atoms with E-state index in [-0.39, 0.29) is 11.8 Å². The van der Waals surface area contributed by atoms with Crippen LogP contribution in [0.5, 0.6) is 0 Å². The largest absolute Gasteiger partial charge is 0.435 e. The fourth-order valence-corrected chi connectivity index (χ4v) is 4.35. The van der Waals surface area contributed by atoms with Gasteiger partial charge in [0.15, 0.2) is 11.5 Å². The van der Waals surface area contributed by atoms with E-state index in [1.54, 1.807) is 0 Å². The SMILES string of the molecule is CC(C)C=C1CCCN(C(=O)C2CCN(c3ccc(C(F)(F)F)nn3)CC2)CCC1. The minimum absolute atomic E-state index is 0.0197. The molecule has 0 bridgehead atoms. The predicted molar refractivity (Wildman–Crippen MR) is 110 cm³/mol. The number of hydrogen-bond donors (Lipinski definition) is 0. The summed E-state index contributed by atoms with van der Waals surface area (Å²) in [5.41, 5.74) is 0.530. The number of halogens is 3. The summed E-state index contributed by atoms with van der Waals surface area (Å²) in [6, 6.07) is 2.32. The van der Waals surface area contributed by atoms with Crippen LogP contribution in [0, 0.1) is 11.8 Å². The number of rotatable bonds is 3. The molecular formula is C22H31F3N4O. The summed E-state index contributed by atoms with van der Waals surface area (Å²) < 4.78 is 37.9. The van der Waals surface area contributed by atoms with Gasteiger partial charge in [-0.15, -0.1) is 10.2 Å². The van der Waals surface area contributed by atoms with Gasteiger partial charge in [0.25, 0.3) is 0 Å². The predicted octanol–water partition coefficient (Wildman–Crippen LogP) is 4.70. The van der Waals surface area contributed by atoms with Crippen LogP contribution >= 0.6 is 0 Å². The van der Waals surface area contributed by atoms with Gasteiger partial charge in [-0.1, -0.05) is 25.5 Å². The maximum Gasteiger partial charge on any atom is 0.435 e. The molecule has 0 N–H and O–H groups in total. The lowest BCUT2D eigenvalue weighted by Gasteiger charge is -2.35. The van der Waals surface area contributed by atoms with Crippen molar-refractivity contribution in [2.24, 2.45) is 11.8 Å². The third kappa shape index (κ3) is 5.95. The Morgan fingerprint density at radius 2 is 1.70 bits per heavy atom. The van der Waals surface area contributed by atoms with Crippen molar-refractivity contribution in [3.8, 4) is 0 Å². The van der Waals surface area contributed by atoms with Gasteiger partial charge >= 0.3 is 6.18 Å². The van der Waals surface area contributed by atoms with Gasteiger partial charge in [0.05, 0.1) is 0 Å². The molecule has 3 heterocycles. The molecule has 8 heteroatoms. The summed E-state index contributed by atoms with van der Waals surface area (Å²) in [5, 5.41) is 7.03. The van der Waals surface area contributed by atoms with Crippen molar-refractivity contribution < 1.29 is 18.0 Å². The Kier molecular flexibility index (Phi) is 7.36. The monoisotopic (exact) mass is 424 g/mol. The Morgan fingerprint density at radius 3 is 2.20 bits per heavy atom. The molecule has 3 rings (SSSR count). The highest BCUT2D eigenvalue weighted by Gasteiger charge is 2.34. The van der Waals surface area contributed by atoms with Crippen molar-refractivity contribution >= 4 is 11.7 Å². The molecular weight excluding hydrogens is 393 g/mol. The second-order valence-electron chi connectivity index (χ2n) is 8.64. The van der Waals surface area contributed by atoms with Gasteiger partial charge in [0.1, 0.15) is 0 Å². The molecule has 0 radical (unpaired) electrons. The zero-order valence-corrected chi connectivity index (χ0v) is 17.8. The Balaban J connectivity index is 1.50. The van der Waals surface area contributed by atoms with E-state index < -0.39 is 11.9 Å². The number of alkyl halides is 3. The smallest absolute Gasteiger partial charge is 0.355 e. The molecule has 30 heavy (non-hydrogen) atoms. The number of allylic oxidation sites excluding steroid dienone is 2. The van der Waals surface area contributed by atoms with E-state index in [9.17, 15) is 18.0 Å². The normalized spacial score (nSPS) is 19.6. The van der Waals surface area contributed by atoms with Crippen molar-refractivity contribution in [3.63, 3.8) is 0 Å². The summed E-state index contributed by atoms with van der Waals surface area (Å²) in [6.07, 6.45) is 3.39. The minimum Gasteiger partial charge on any atom is -0.355 e. The van der Waals surface area contributed by atoms with Gasteiger partial charge in [-0.2, -0.15) is 13.2 Å². The van der Waals surface area contributed by atoms with Crippen molar-refractivity contribution in [1.82, 2.24) is 15.1 Å².